The van der Waals surface area contributed by atoms with E-state index in [-0.39, 0.29) is 45.0 Å². The van der Waals surface area contributed by atoms with E-state index >= 15 is 8.78 Å². The molecule has 4 N–H and O–H groups in total. The molecule has 40 heavy (non-hydrogen) atoms. The summed E-state index contributed by atoms with van der Waals surface area (Å²) < 4.78 is 31.2. The highest BCUT2D eigenvalue weighted by molar-refractivity contribution is 6.31. The lowest BCUT2D eigenvalue weighted by atomic mass is 9.69. The predicted octanol–water partition coefficient (Wildman–Crippen LogP) is 7.14. The Bertz CT molecular complexity index is 1260. The average Bonchev–Trinajstić information content (AvgIpc) is 3.15. The van der Waals surface area contributed by atoms with Gasteiger partial charge in [-0.2, -0.15) is 0 Å². The maximum Gasteiger partial charge on any atom is 0.318 e. The second-order valence-corrected chi connectivity index (χ2v) is 13.3. The number of hydrogen-bond donors (Lipinski definition) is 3. The molecule has 1 saturated carbocycles. The van der Waals surface area contributed by atoms with Gasteiger partial charge in [-0.05, 0) is 61.6 Å². The van der Waals surface area contributed by atoms with Crippen LogP contribution in [0.4, 0.5) is 13.6 Å². The number of benzene rings is 2. The molecule has 2 fully saturated rings. The van der Waals surface area contributed by atoms with Gasteiger partial charge in [0, 0.05) is 35.2 Å². The zero-order valence-corrected chi connectivity index (χ0v) is 24.5. The number of nitrogens with two attached hydrogens (primary N) is 1. The number of hydrogen-bond acceptors (Lipinski definition) is 3. The van der Waals surface area contributed by atoms with Crippen molar-refractivity contribution in [3.05, 3.63) is 69.2 Å². The number of urea groups is 1. The Morgan fingerprint density at radius 1 is 1.12 bits per heavy atom. The van der Waals surface area contributed by atoms with E-state index in [0.29, 0.717) is 38.6 Å². The Labute approximate surface area is 244 Å². The molecule has 2 aromatic carbocycles. The molecule has 218 valence electrons. The lowest BCUT2D eigenvalue weighted by molar-refractivity contribution is -0.143. The molecule has 1 heterocycles. The summed E-state index contributed by atoms with van der Waals surface area (Å²) >= 11 is 12.2. The fraction of sp³-hybridized carbons (Fsp3) is 0.533. The summed E-state index contributed by atoms with van der Waals surface area (Å²) in [4.78, 5) is 26.6. The third-order valence-corrected chi connectivity index (χ3v) is 8.92. The fourth-order valence-corrected chi connectivity index (χ4v) is 6.80. The molecule has 0 spiro atoms. The Balaban J connectivity index is 1.73. The van der Waals surface area contributed by atoms with Crippen LogP contribution in [0.15, 0.2) is 36.4 Å². The zero-order chi connectivity index (χ0) is 29.4. The minimum Gasteiger partial charge on any atom is -0.481 e. The number of nitrogens with one attached hydrogen (secondary N) is 1. The highest BCUT2D eigenvalue weighted by Crippen LogP contribution is 2.53. The first-order valence-corrected chi connectivity index (χ1v) is 14.4. The lowest BCUT2D eigenvalue weighted by Gasteiger charge is -2.40. The van der Waals surface area contributed by atoms with Crippen LogP contribution < -0.4 is 11.1 Å². The van der Waals surface area contributed by atoms with Gasteiger partial charge in [0.1, 0.15) is 11.6 Å². The van der Waals surface area contributed by atoms with Crippen LogP contribution in [-0.2, 0) is 10.3 Å². The molecule has 6 nitrogen and oxygen atoms in total. The molecule has 2 amide bonds. The molecule has 1 aliphatic heterocycles. The largest absolute Gasteiger partial charge is 0.481 e. The van der Waals surface area contributed by atoms with Gasteiger partial charge in [-0.3, -0.25) is 4.79 Å². The fourth-order valence-electron chi connectivity index (χ4n) is 6.46. The number of carboxylic acids is 1. The minimum atomic E-state index is -1.50. The van der Waals surface area contributed by atoms with Crippen LogP contribution in [0.2, 0.25) is 10.0 Å². The van der Waals surface area contributed by atoms with Crippen molar-refractivity contribution in [3.8, 4) is 0 Å². The predicted molar refractivity (Wildman–Crippen MR) is 152 cm³/mol. The highest BCUT2D eigenvalue weighted by Gasteiger charge is 2.57. The number of carbonyl (C=O) groups excluding carboxylic acids is 1. The summed E-state index contributed by atoms with van der Waals surface area (Å²) in [6, 6.07) is 7.29. The van der Waals surface area contributed by atoms with E-state index in [9.17, 15) is 14.7 Å². The topological polar surface area (TPSA) is 95.7 Å². The van der Waals surface area contributed by atoms with Gasteiger partial charge >= 0.3 is 12.0 Å². The van der Waals surface area contributed by atoms with Crippen molar-refractivity contribution in [2.75, 3.05) is 13.1 Å². The normalized spacial score (nSPS) is 27.1. The summed E-state index contributed by atoms with van der Waals surface area (Å²) in [7, 11) is 0. The second-order valence-electron chi connectivity index (χ2n) is 12.5. The molecule has 4 rings (SSSR count). The summed E-state index contributed by atoms with van der Waals surface area (Å²) in [6.45, 7) is 6.64. The van der Waals surface area contributed by atoms with Gasteiger partial charge in [-0.1, -0.05) is 62.2 Å². The van der Waals surface area contributed by atoms with Crippen molar-refractivity contribution in [1.29, 1.82) is 0 Å². The number of rotatable bonds is 6. The third kappa shape index (κ3) is 6.24. The number of likely N-dealkylation sites (tertiary alicyclic amines) is 1. The van der Waals surface area contributed by atoms with E-state index in [1.807, 2.05) is 20.8 Å². The first-order valence-electron chi connectivity index (χ1n) is 13.7. The quantitative estimate of drug-likeness (QED) is 0.331. The maximum absolute atomic E-state index is 15.6. The van der Waals surface area contributed by atoms with E-state index in [4.69, 9.17) is 28.9 Å². The van der Waals surface area contributed by atoms with Crippen molar-refractivity contribution in [2.24, 2.45) is 28.9 Å². The number of amides is 2. The first-order chi connectivity index (χ1) is 18.7. The molecule has 3 atom stereocenters. The Hall–Kier alpha value is -2.42. The number of aliphatic carboxylic acids is 1. The van der Waals surface area contributed by atoms with Crippen LogP contribution >= 0.6 is 23.2 Å². The second kappa shape index (κ2) is 11.8. The molecule has 0 bridgehead atoms. The van der Waals surface area contributed by atoms with E-state index < -0.39 is 41.1 Å². The number of carboxylic acid groups (broad SMARTS) is 1. The van der Waals surface area contributed by atoms with E-state index in [0.717, 1.165) is 0 Å². The lowest BCUT2D eigenvalue weighted by Crippen LogP contribution is -2.50. The number of nitrogens with zero attached hydrogens (tertiary/aromatic N) is 1. The Morgan fingerprint density at radius 3 is 2.40 bits per heavy atom. The van der Waals surface area contributed by atoms with Crippen molar-refractivity contribution in [2.45, 2.75) is 64.5 Å². The summed E-state index contributed by atoms with van der Waals surface area (Å²) in [6.07, 6.45) is 3.03. The molecule has 2 aromatic rings. The van der Waals surface area contributed by atoms with Crippen LogP contribution in [0.3, 0.4) is 0 Å². The van der Waals surface area contributed by atoms with Crippen molar-refractivity contribution in [3.63, 3.8) is 0 Å². The molecular weight excluding hydrogens is 559 g/mol. The smallest absolute Gasteiger partial charge is 0.318 e. The molecular formula is C30H37Cl2F2N3O3. The van der Waals surface area contributed by atoms with Crippen LogP contribution in [0, 0.1) is 34.8 Å². The maximum atomic E-state index is 15.6. The zero-order valence-electron chi connectivity index (χ0n) is 23.0. The first kappa shape index (κ1) is 30.5. The Morgan fingerprint density at radius 2 is 1.80 bits per heavy atom. The molecule has 0 radical (unpaired) electrons. The van der Waals surface area contributed by atoms with Crippen LogP contribution in [-0.4, -0.2) is 35.1 Å². The molecule has 10 heteroatoms. The van der Waals surface area contributed by atoms with E-state index in [1.165, 1.54) is 29.2 Å². The van der Waals surface area contributed by atoms with Gasteiger partial charge < -0.3 is 21.1 Å². The van der Waals surface area contributed by atoms with Crippen molar-refractivity contribution in [1.82, 2.24) is 10.2 Å². The molecule has 0 unspecified atom stereocenters. The van der Waals surface area contributed by atoms with Gasteiger partial charge in [0.25, 0.3) is 0 Å². The van der Waals surface area contributed by atoms with Crippen LogP contribution in [0.1, 0.15) is 70.0 Å². The van der Waals surface area contributed by atoms with Crippen LogP contribution in [0.5, 0.6) is 0 Å². The van der Waals surface area contributed by atoms with E-state index in [2.05, 4.69) is 5.32 Å². The Kier molecular flexibility index (Phi) is 9.03. The van der Waals surface area contributed by atoms with Crippen molar-refractivity contribution >= 4 is 35.2 Å². The van der Waals surface area contributed by atoms with Crippen LogP contribution in [0.25, 0.3) is 0 Å². The number of halogens is 4. The molecule has 1 saturated heterocycles. The molecule has 1 aliphatic carbocycles. The molecule has 2 aliphatic rings. The number of carbonyl (C=O) groups is 2. The van der Waals surface area contributed by atoms with Crippen molar-refractivity contribution < 1.29 is 23.5 Å². The average molecular weight is 597 g/mol. The summed E-state index contributed by atoms with van der Waals surface area (Å²) in [5.41, 5.74) is 5.75. The standard InChI is InChI=1S/C30H37Cl2F2N3O3/c1-29(2,3)14-19-16-37(28(40)36-15-17-7-9-18(10-8-17)27(38)39)26(21-5-4-6-23(32)25(21)34)30(19,35)22-12-11-20(31)13-24(22)33/h4-6,11-13,17-19,26H,7-10,14-16,35H2,1-3H3,(H,36,40)(H,38,39)/t17-,18-,19-,26-,30+/m1/s1. The monoisotopic (exact) mass is 595 g/mol. The summed E-state index contributed by atoms with van der Waals surface area (Å²) in [5.74, 6) is -2.78. The summed E-state index contributed by atoms with van der Waals surface area (Å²) in [5, 5.41) is 12.4. The highest BCUT2D eigenvalue weighted by atomic mass is 35.5. The van der Waals surface area contributed by atoms with E-state index in [1.54, 1.807) is 12.1 Å². The van der Waals surface area contributed by atoms with Gasteiger partial charge in [-0.25, -0.2) is 13.6 Å². The SMILES string of the molecule is CC(C)(C)C[C@@H]1CN(C(=O)NC[C@H]2CC[C@H](C(=O)O)CC2)[C@H](c2cccc(Cl)c2F)[C@@]1(N)c1ccc(Cl)cc1F. The third-order valence-electron chi connectivity index (χ3n) is 8.39. The van der Waals surface area contributed by atoms with Gasteiger partial charge in [0.05, 0.1) is 22.5 Å². The van der Waals surface area contributed by atoms with Gasteiger partial charge in [-0.15, -0.1) is 0 Å². The van der Waals surface area contributed by atoms with Gasteiger partial charge in [0.2, 0.25) is 0 Å². The minimum absolute atomic E-state index is 0.109. The molecule has 0 aromatic heterocycles. The van der Waals surface area contributed by atoms with Gasteiger partial charge in [0.15, 0.2) is 0 Å².